The zero-order valence-corrected chi connectivity index (χ0v) is 12.0. The number of aliphatic hydroxyl groups is 1. The maximum absolute atomic E-state index is 12.1. The number of carbonyl (C=O) groups is 1. The summed E-state index contributed by atoms with van der Waals surface area (Å²) >= 11 is 0. The highest BCUT2D eigenvalue weighted by molar-refractivity contribution is 5.74. The lowest BCUT2D eigenvalue weighted by Crippen LogP contribution is -2.51. The molecule has 2 rings (SSSR count). The van der Waals surface area contributed by atoms with Crippen molar-refractivity contribution in [3.8, 4) is 0 Å². The number of piperidine rings is 2. The van der Waals surface area contributed by atoms with Gasteiger partial charge in [-0.15, -0.1) is 0 Å². The molecule has 110 valence electrons. The van der Waals surface area contributed by atoms with Crippen molar-refractivity contribution in [2.45, 2.75) is 51.2 Å². The Morgan fingerprint density at radius 2 is 2.00 bits per heavy atom. The van der Waals surface area contributed by atoms with Crippen molar-refractivity contribution in [2.75, 3.05) is 32.7 Å². The summed E-state index contributed by atoms with van der Waals surface area (Å²) in [6, 6.07) is 0.146. The van der Waals surface area contributed by atoms with Crippen LogP contribution in [0.2, 0.25) is 0 Å². The number of hydrogen-bond acceptors (Lipinski definition) is 3. The molecular weight excluding hydrogens is 242 g/mol. The highest BCUT2D eigenvalue weighted by atomic mass is 16.3. The van der Waals surface area contributed by atoms with E-state index in [0.717, 1.165) is 39.0 Å². The van der Waals surface area contributed by atoms with E-state index in [4.69, 9.17) is 0 Å². The number of rotatable bonds is 3. The van der Waals surface area contributed by atoms with Gasteiger partial charge in [0.05, 0.1) is 6.10 Å². The van der Waals surface area contributed by atoms with Crippen LogP contribution in [0.25, 0.3) is 0 Å². The molecule has 0 radical (unpaired) electrons. The average molecular weight is 269 g/mol. The van der Waals surface area contributed by atoms with E-state index in [9.17, 15) is 9.90 Å². The van der Waals surface area contributed by atoms with Gasteiger partial charge < -0.3 is 20.2 Å². The van der Waals surface area contributed by atoms with Crippen LogP contribution < -0.4 is 5.32 Å². The van der Waals surface area contributed by atoms with Crippen molar-refractivity contribution < 1.29 is 9.90 Å². The van der Waals surface area contributed by atoms with Gasteiger partial charge in [-0.2, -0.15) is 0 Å². The van der Waals surface area contributed by atoms with Crippen molar-refractivity contribution in [1.82, 2.24) is 15.1 Å². The van der Waals surface area contributed by atoms with Gasteiger partial charge in [-0.05, 0) is 45.7 Å². The van der Waals surface area contributed by atoms with E-state index in [2.05, 4.69) is 17.1 Å². The van der Waals surface area contributed by atoms with E-state index >= 15 is 0 Å². The SMILES string of the molecule is CC(CN1CCCCC1)NC(=O)N1CCCC(O)C1. The van der Waals surface area contributed by atoms with E-state index < -0.39 is 0 Å². The van der Waals surface area contributed by atoms with Crippen LogP contribution in [0.15, 0.2) is 0 Å². The number of nitrogens with one attached hydrogen (secondary N) is 1. The van der Waals surface area contributed by atoms with E-state index in [1.807, 2.05) is 0 Å². The number of amides is 2. The Balaban J connectivity index is 1.71. The lowest BCUT2D eigenvalue weighted by Gasteiger charge is -2.33. The average Bonchev–Trinajstić information content (AvgIpc) is 2.39. The molecule has 0 spiro atoms. The normalized spacial score (nSPS) is 27.1. The molecule has 2 N–H and O–H groups in total. The molecule has 19 heavy (non-hydrogen) atoms. The fourth-order valence-corrected chi connectivity index (χ4v) is 3.02. The minimum absolute atomic E-state index is 0.0248. The summed E-state index contributed by atoms with van der Waals surface area (Å²) in [4.78, 5) is 16.2. The molecule has 2 unspecified atom stereocenters. The zero-order valence-electron chi connectivity index (χ0n) is 12.0. The smallest absolute Gasteiger partial charge is 0.317 e. The number of hydrogen-bond donors (Lipinski definition) is 2. The second-order valence-electron chi connectivity index (χ2n) is 5.95. The van der Waals surface area contributed by atoms with E-state index in [1.54, 1.807) is 4.90 Å². The van der Waals surface area contributed by atoms with Gasteiger partial charge >= 0.3 is 6.03 Å². The lowest BCUT2D eigenvalue weighted by molar-refractivity contribution is 0.0827. The minimum Gasteiger partial charge on any atom is -0.391 e. The molecule has 2 aliphatic rings. The minimum atomic E-state index is -0.350. The highest BCUT2D eigenvalue weighted by Gasteiger charge is 2.23. The second-order valence-corrected chi connectivity index (χ2v) is 5.95. The van der Waals surface area contributed by atoms with Crippen LogP contribution in [0, 0.1) is 0 Å². The largest absolute Gasteiger partial charge is 0.391 e. The third-order valence-electron chi connectivity index (χ3n) is 4.03. The van der Waals surface area contributed by atoms with E-state index in [-0.39, 0.29) is 18.2 Å². The summed E-state index contributed by atoms with van der Waals surface area (Å²) in [5.41, 5.74) is 0. The van der Waals surface area contributed by atoms with Gasteiger partial charge in [0.15, 0.2) is 0 Å². The topological polar surface area (TPSA) is 55.8 Å². The van der Waals surface area contributed by atoms with Gasteiger partial charge in [0.25, 0.3) is 0 Å². The Morgan fingerprint density at radius 3 is 2.68 bits per heavy atom. The van der Waals surface area contributed by atoms with Gasteiger partial charge in [0, 0.05) is 25.7 Å². The Morgan fingerprint density at radius 1 is 1.26 bits per heavy atom. The first-order chi connectivity index (χ1) is 9.15. The maximum atomic E-state index is 12.1. The first-order valence-corrected chi connectivity index (χ1v) is 7.61. The van der Waals surface area contributed by atoms with Gasteiger partial charge in [-0.3, -0.25) is 0 Å². The predicted molar refractivity (Wildman–Crippen MR) is 75.1 cm³/mol. The third kappa shape index (κ3) is 4.66. The number of aliphatic hydroxyl groups excluding tert-OH is 1. The molecule has 2 amide bonds. The summed E-state index contributed by atoms with van der Waals surface area (Å²) < 4.78 is 0. The number of urea groups is 1. The second kappa shape index (κ2) is 7.10. The summed E-state index contributed by atoms with van der Waals surface area (Å²) in [5.74, 6) is 0. The molecule has 0 saturated carbocycles. The standard InChI is InChI=1S/C14H27N3O2/c1-12(10-16-7-3-2-4-8-16)15-14(19)17-9-5-6-13(18)11-17/h12-13,18H,2-11H2,1H3,(H,15,19). The Hall–Kier alpha value is -0.810. The zero-order chi connectivity index (χ0) is 13.7. The quantitative estimate of drug-likeness (QED) is 0.804. The van der Waals surface area contributed by atoms with Crippen molar-refractivity contribution in [3.05, 3.63) is 0 Å². The molecule has 5 nitrogen and oxygen atoms in total. The molecule has 2 saturated heterocycles. The molecular formula is C14H27N3O2. The Bertz CT molecular complexity index is 292. The molecule has 2 fully saturated rings. The van der Waals surface area contributed by atoms with Gasteiger partial charge in [-0.1, -0.05) is 6.42 Å². The first-order valence-electron chi connectivity index (χ1n) is 7.61. The Labute approximate surface area is 115 Å². The lowest BCUT2D eigenvalue weighted by atomic mass is 10.1. The number of β-amino-alcohol motifs (C(OH)–C–C–N with tert-alkyl or cyclic N) is 1. The number of nitrogens with zero attached hydrogens (tertiary/aromatic N) is 2. The summed E-state index contributed by atoms with van der Waals surface area (Å²) in [7, 11) is 0. The molecule has 5 heteroatoms. The molecule has 0 aromatic rings. The van der Waals surface area contributed by atoms with Crippen LogP contribution in [0.3, 0.4) is 0 Å². The monoisotopic (exact) mass is 269 g/mol. The van der Waals surface area contributed by atoms with Gasteiger partial charge in [0.2, 0.25) is 0 Å². The van der Waals surface area contributed by atoms with Crippen molar-refractivity contribution in [1.29, 1.82) is 0 Å². The number of carbonyl (C=O) groups excluding carboxylic acids is 1. The molecule has 0 aliphatic carbocycles. The molecule has 2 aliphatic heterocycles. The van der Waals surface area contributed by atoms with Crippen LogP contribution in [0.1, 0.15) is 39.0 Å². The molecule has 0 bridgehead atoms. The molecule has 0 aromatic carbocycles. The van der Waals surface area contributed by atoms with Crippen LogP contribution in [0.5, 0.6) is 0 Å². The van der Waals surface area contributed by atoms with Crippen molar-refractivity contribution in [3.63, 3.8) is 0 Å². The van der Waals surface area contributed by atoms with Gasteiger partial charge in [-0.25, -0.2) is 4.79 Å². The Kier molecular flexibility index (Phi) is 5.45. The maximum Gasteiger partial charge on any atom is 0.317 e. The van der Waals surface area contributed by atoms with Crippen LogP contribution >= 0.6 is 0 Å². The molecule has 0 aromatic heterocycles. The first kappa shape index (κ1) is 14.6. The summed E-state index contributed by atoms with van der Waals surface area (Å²) in [6.07, 6.45) is 5.25. The highest BCUT2D eigenvalue weighted by Crippen LogP contribution is 2.11. The van der Waals surface area contributed by atoms with E-state index in [0.29, 0.717) is 6.54 Å². The molecule has 2 heterocycles. The van der Waals surface area contributed by atoms with Crippen molar-refractivity contribution in [2.24, 2.45) is 0 Å². The fourth-order valence-electron chi connectivity index (χ4n) is 3.02. The fraction of sp³-hybridized carbons (Fsp3) is 0.929. The third-order valence-corrected chi connectivity index (χ3v) is 4.03. The predicted octanol–water partition coefficient (Wildman–Crippen LogP) is 1.03. The van der Waals surface area contributed by atoms with E-state index in [1.165, 1.54) is 19.3 Å². The number of likely N-dealkylation sites (tertiary alicyclic amines) is 2. The van der Waals surface area contributed by atoms with Crippen LogP contribution in [-0.2, 0) is 0 Å². The summed E-state index contributed by atoms with van der Waals surface area (Å²) in [6.45, 7) is 6.54. The van der Waals surface area contributed by atoms with Gasteiger partial charge in [0.1, 0.15) is 0 Å². The molecule has 2 atom stereocenters. The summed E-state index contributed by atoms with van der Waals surface area (Å²) in [5, 5.41) is 12.6. The van der Waals surface area contributed by atoms with Crippen molar-refractivity contribution >= 4 is 6.03 Å². The van der Waals surface area contributed by atoms with Crippen LogP contribution in [0.4, 0.5) is 4.79 Å². The van der Waals surface area contributed by atoms with Crippen LogP contribution in [-0.4, -0.2) is 65.8 Å².